The molecule has 4 amide bonds. The molecule has 0 radical (unpaired) electrons. The first-order chi connectivity index (χ1) is 18.5. The van der Waals surface area contributed by atoms with Crippen molar-refractivity contribution in [3.63, 3.8) is 0 Å². The first-order valence-electron chi connectivity index (χ1n) is 12.4. The van der Waals surface area contributed by atoms with Crippen LogP contribution in [0, 0.1) is 0 Å². The summed E-state index contributed by atoms with van der Waals surface area (Å²) >= 11 is 0. The van der Waals surface area contributed by atoms with Crippen molar-refractivity contribution in [2.45, 2.75) is 18.5 Å². The Hall–Kier alpha value is -4.85. The van der Waals surface area contributed by atoms with Gasteiger partial charge in [0.1, 0.15) is 17.8 Å². The molecule has 0 spiro atoms. The van der Waals surface area contributed by atoms with E-state index in [1.165, 1.54) is 4.90 Å². The van der Waals surface area contributed by atoms with Gasteiger partial charge in [-0.1, -0.05) is 36.4 Å². The first-order valence-corrected chi connectivity index (χ1v) is 12.4. The lowest BCUT2D eigenvalue weighted by atomic mass is 9.89. The summed E-state index contributed by atoms with van der Waals surface area (Å²) < 4.78 is 5.47. The maximum absolute atomic E-state index is 14.0. The number of fused-ring (bicyclic) bond motifs is 4. The molecule has 2 aliphatic rings. The molecule has 1 saturated heterocycles. The highest BCUT2D eigenvalue weighted by molar-refractivity contribution is 6.22. The largest absolute Gasteiger partial charge is 0.497 e. The Morgan fingerprint density at radius 3 is 2.66 bits per heavy atom. The topological polar surface area (TPSA) is 94.7 Å². The lowest BCUT2D eigenvalue weighted by Crippen LogP contribution is -2.44. The molecule has 6 rings (SSSR count). The van der Waals surface area contributed by atoms with Crippen LogP contribution >= 0.6 is 0 Å². The number of aromatic nitrogens is 1. The third kappa shape index (κ3) is 3.64. The number of carbonyl (C=O) groups excluding carboxylic acids is 3. The summed E-state index contributed by atoms with van der Waals surface area (Å²) in [5, 5.41) is 3.77. The van der Waals surface area contributed by atoms with E-state index in [2.05, 4.69) is 16.9 Å². The summed E-state index contributed by atoms with van der Waals surface area (Å²) in [5.74, 6) is 0.126. The van der Waals surface area contributed by atoms with Gasteiger partial charge in [-0.05, 0) is 53.6 Å². The normalized spacial score (nSPS) is 18.3. The number of hydrogen-bond acceptors (Lipinski definition) is 4. The van der Waals surface area contributed by atoms with Crippen molar-refractivity contribution in [3.05, 3.63) is 108 Å². The number of nitrogens with zero attached hydrogens (tertiary/aromatic N) is 2. The van der Waals surface area contributed by atoms with Crippen molar-refractivity contribution in [2.24, 2.45) is 0 Å². The third-order valence-corrected chi connectivity index (χ3v) is 7.25. The summed E-state index contributed by atoms with van der Waals surface area (Å²) in [4.78, 5) is 46.5. The Labute approximate surface area is 219 Å². The van der Waals surface area contributed by atoms with Crippen molar-refractivity contribution >= 4 is 34.4 Å². The fourth-order valence-electron chi connectivity index (χ4n) is 5.50. The Kier molecular flexibility index (Phi) is 5.72. The number of amides is 4. The number of aromatic amines is 1. The van der Waals surface area contributed by atoms with Crippen molar-refractivity contribution in [1.82, 2.24) is 15.2 Å². The average Bonchev–Trinajstić information content (AvgIpc) is 3.44. The summed E-state index contributed by atoms with van der Waals surface area (Å²) in [6.45, 7) is 3.95. The minimum Gasteiger partial charge on any atom is -0.497 e. The maximum atomic E-state index is 14.0. The molecule has 2 atom stereocenters. The molecule has 8 nitrogen and oxygen atoms in total. The molecule has 3 aromatic carbocycles. The quantitative estimate of drug-likeness (QED) is 0.296. The van der Waals surface area contributed by atoms with Gasteiger partial charge in [0.15, 0.2) is 0 Å². The molecule has 4 aromatic rings. The highest BCUT2D eigenvalue weighted by Crippen LogP contribution is 2.45. The minimum absolute atomic E-state index is 0.253. The van der Waals surface area contributed by atoms with Crippen LogP contribution in [0.1, 0.15) is 33.2 Å². The van der Waals surface area contributed by atoms with Crippen molar-refractivity contribution in [2.75, 3.05) is 18.6 Å². The predicted octanol–water partition coefficient (Wildman–Crippen LogP) is 4.58. The molecule has 0 bridgehead atoms. The van der Waals surface area contributed by atoms with E-state index in [9.17, 15) is 14.4 Å². The molecule has 8 heteroatoms. The Morgan fingerprint density at radius 2 is 1.89 bits per heavy atom. The Balaban J connectivity index is 1.42. The molecule has 3 heterocycles. The number of carbonyl (C=O) groups is 3. The zero-order chi connectivity index (χ0) is 26.4. The van der Waals surface area contributed by atoms with Crippen molar-refractivity contribution in [1.29, 1.82) is 0 Å². The Morgan fingerprint density at radius 1 is 1.11 bits per heavy atom. The van der Waals surface area contributed by atoms with Gasteiger partial charge in [0.25, 0.3) is 11.8 Å². The SMILES string of the molecule is C=CCNC(=O)c1ccc(N2C(=O)C3Cc4c([nH]c5ccccc45)C(c4cccc(OC)c4)N3C2=O)cc1. The molecular formula is C30H26N4O4. The van der Waals surface area contributed by atoms with E-state index in [0.717, 1.165) is 27.7 Å². The van der Waals surface area contributed by atoms with Crippen LogP contribution < -0.4 is 15.0 Å². The molecular weight excluding hydrogens is 480 g/mol. The van der Waals surface area contributed by atoms with Gasteiger partial charge in [-0.25, -0.2) is 9.69 Å². The fraction of sp³-hybridized carbons (Fsp3) is 0.167. The van der Waals surface area contributed by atoms with Crippen LogP contribution in [-0.4, -0.2) is 47.4 Å². The molecule has 1 fully saturated rings. The number of anilines is 1. The molecule has 2 aliphatic heterocycles. The van der Waals surface area contributed by atoms with E-state index in [4.69, 9.17) is 4.74 Å². The molecule has 38 heavy (non-hydrogen) atoms. The summed E-state index contributed by atoms with van der Waals surface area (Å²) in [7, 11) is 1.60. The molecule has 1 aromatic heterocycles. The van der Waals surface area contributed by atoms with Gasteiger partial charge < -0.3 is 15.0 Å². The van der Waals surface area contributed by atoms with Gasteiger partial charge in [0.05, 0.1) is 12.8 Å². The molecule has 190 valence electrons. The van der Waals surface area contributed by atoms with Crippen LogP contribution in [0.2, 0.25) is 0 Å². The second kappa shape index (κ2) is 9.23. The summed E-state index contributed by atoms with van der Waals surface area (Å²) in [6.07, 6.45) is 2.00. The smallest absolute Gasteiger partial charge is 0.332 e. The van der Waals surface area contributed by atoms with Crippen LogP contribution in [-0.2, 0) is 11.2 Å². The van der Waals surface area contributed by atoms with Gasteiger partial charge >= 0.3 is 6.03 Å². The number of imide groups is 1. The highest BCUT2D eigenvalue weighted by Gasteiger charge is 2.53. The number of rotatable bonds is 6. The van der Waals surface area contributed by atoms with Crippen LogP contribution in [0.25, 0.3) is 10.9 Å². The number of benzene rings is 3. The van der Waals surface area contributed by atoms with E-state index >= 15 is 0 Å². The van der Waals surface area contributed by atoms with Gasteiger partial charge in [0.2, 0.25) is 0 Å². The van der Waals surface area contributed by atoms with Gasteiger partial charge in [-0.2, -0.15) is 0 Å². The number of H-pyrrole nitrogens is 1. The lowest BCUT2D eigenvalue weighted by Gasteiger charge is -2.36. The van der Waals surface area contributed by atoms with Crippen molar-refractivity contribution in [3.8, 4) is 5.75 Å². The fourth-order valence-corrected chi connectivity index (χ4v) is 5.50. The second-order valence-electron chi connectivity index (χ2n) is 9.37. The first kappa shape index (κ1) is 23.5. The third-order valence-electron chi connectivity index (χ3n) is 7.25. The molecule has 2 N–H and O–H groups in total. The highest BCUT2D eigenvalue weighted by atomic mass is 16.5. The standard InChI is InChI=1S/C30H26N4O4/c1-3-15-31-28(35)18-11-13-20(14-12-18)33-29(36)25-17-23-22-9-4-5-10-24(22)32-26(23)27(34(25)30(33)37)19-7-6-8-21(16-19)38-2/h3-14,16,25,27,32H,1,15,17H2,2H3,(H,31,35). The average molecular weight is 507 g/mol. The molecule has 2 unspecified atom stereocenters. The van der Waals surface area contributed by atoms with Crippen LogP contribution in [0.4, 0.5) is 10.5 Å². The zero-order valence-electron chi connectivity index (χ0n) is 20.8. The maximum Gasteiger partial charge on any atom is 0.332 e. The second-order valence-corrected chi connectivity index (χ2v) is 9.37. The monoisotopic (exact) mass is 506 g/mol. The van der Waals surface area contributed by atoms with Crippen LogP contribution in [0.3, 0.4) is 0 Å². The summed E-state index contributed by atoms with van der Waals surface area (Å²) in [6, 6.07) is 20.5. The number of nitrogens with one attached hydrogen (secondary N) is 2. The molecule has 0 aliphatic carbocycles. The van der Waals surface area contributed by atoms with Gasteiger partial charge in [-0.15, -0.1) is 6.58 Å². The number of hydrogen-bond donors (Lipinski definition) is 2. The number of methoxy groups -OCH3 is 1. The lowest BCUT2D eigenvalue weighted by molar-refractivity contribution is -0.120. The van der Waals surface area contributed by atoms with E-state index < -0.39 is 18.1 Å². The minimum atomic E-state index is -0.666. The van der Waals surface area contributed by atoms with Crippen molar-refractivity contribution < 1.29 is 19.1 Å². The van der Waals surface area contributed by atoms with Crippen LogP contribution in [0.5, 0.6) is 5.75 Å². The number of para-hydroxylation sites is 1. The summed E-state index contributed by atoms with van der Waals surface area (Å²) in [5.41, 5.74) is 4.60. The number of ether oxygens (including phenoxy) is 1. The Bertz CT molecular complexity index is 1590. The van der Waals surface area contributed by atoms with E-state index in [1.54, 1.807) is 42.4 Å². The van der Waals surface area contributed by atoms with Gasteiger partial charge in [0, 0.05) is 35.1 Å². The van der Waals surface area contributed by atoms with Crippen LogP contribution in [0.15, 0.2) is 85.5 Å². The van der Waals surface area contributed by atoms with E-state index in [1.807, 2.05) is 48.5 Å². The molecule has 0 saturated carbocycles. The predicted molar refractivity (Wildman–Crippen MR) is 144 cm³/mol. The van der Waals surface area contributed by atoms with Gasteiger partial charge in [-0.3, -0.25) is 14.5 Å². The number of urea groups is 1. The zero-order valence-corrected chi connectivity index (χ0v) is 20.8. The van der Waals surface area contributed by atoms with E-state index in [0.29, 0.717) is 30.0 Å². The van der Waals surface area contributed by atoms with E-state index in [-0.39, 0.29) is 11.8 Å².